The van der Waals surface area contributed by atoms with Gasteiger partial charge in [0.1, 0.15) is 0 Å². The second kappa shape index (κ2) is 5.15. The Hall–Kier alpha value is -1.31. The number of hydrogen-bond donors (Lipinski definition) is 1. The summed E-state index contributed by atoms with van der Waals surface area (Å²) in [5.41, 5.74) is 8.40. The number of nitrogens with one attached hydrogen (secondary N) is 1. The molecule has 0 spiro atoms. The number of pyridine rings is 1. The van der Waals surface area contributed by atoms with Crippen LogP contribution in [0.1, 0.15) is 63.1 Å². The number of aromatic nitrogens is 2. The fraction of sp³-hybridized carbons (Fsp3) is 0.632. The molecule has 0 saturated carbocycles. The minimum Gasteiger partial charge on any atom is -0.357 e. The molecular formula is C19H28N2. The van der Waals surface area contributed by atoms with Gasteiger partial charge in [-0.1, -0.05) is 34.1 Å². The number of aromatic amines is 1. The highest BCUT2D eigenvalue weighted by Crippen LogP contribution is 2.38. The minimum absolute atomic E-state index is 0.395. The van der Waals surface area contributed by atoms with Crippen LogP contribution in [0.5, 0.6) is 0 Å². The van der Waals surface area contributed by atoms with Gasteiger partial charge in [0, 0.05) is 11.4 Å². The molecule has 3 rings (SSSR count). The van der Waals surface area contributed by atoms with Crippen LogP contribution in [0.4, 0.5) is 0 Å². The number of fused-ring (bicyclic) bond motifs is 2. The smallest absolute Gasteiger partial charge is 0.0917 e. The summed E-state index contributed by atoms with van der Waals surface area (Å²) in [5, 5.41) is 0. The van der Waals surface area contributed by atoms with Crippen LogP contribution >= 0.6 is 0 Å². The van der Waals surface area contributed by atoms with E-state index in [4.69, 9.17) is 4.98 Å². The molecule has 0 bridgehead atoms. The molecule has 1 aliphatic carbocycles. The van der Waals surface area contributed by atoms with E-state index in [0.717, 1.165) is 18.8 Å². The molecule has 1 unspecified atom stereocenters. The Morgan fingerprint density at radius 1 is 1.33 bits per heavy atom. The predicted octanol–water partition coefficient (Wildman–Crippen LogP) is 4.97. The van der Waals surface area contributed by atoms with Gasteiger partial charge in [-0.2, -0.15) is 0 Å². The molecule has 0 saturated heterocycles. The first-order chi connectivity index (χ1) is 9.90. The highest BCUT2D eigenvalue weighted by molar-refractivity contribution is 5.81. The molecule has 114 valence electrons. The quantitative estimate of drug-likeness (QED) is 0.828. The normalized spacial score (nSPS) is 19.0. The standard InChI is InChI=1S/C19H28N2/c1-6-7-15-12(2)20-17-11-13-10-14(19(3,4)5)8-9-16(13)21-18(15)17/h11,14,20H,6-10H2,1-5H3. The molecule has 2 aromatic heterocycles. The molecule has 2 heterocycles. The molecule has 1 aliphatic rings. The molecule has 0 aliphatic heterocycles. The van der Waals surface area contributed by atoms with Gasteiger partial charge >= 0.3 is 0 Å². The first-order valence-corrected chi connectivity index (χ1v) is 8.40. The minimum atomic E-state index is 0.395. The molecule has 0 fully saturated rings. The number of rotatable bonds is 2. The van der Waals surface area contributed by atoms with E-state index in [1.807, 2.05) is 0 Å². The van der Waals surface area contributed by atoms with Gasteiger partial charge in [0.25, 0.3) is 0 Å². The van der Waals surface area contributed by atoms with Gasteiger partial charge < -0.3 is 4.98 Å². The summed E-state index contributed by atoms with van der Waals surface area (Å²) in [4.78, 5) is 8.59. The topological polar surface area (TPSA) is 28.7 Å². The predicted molar refractivity (Wildman–Crippen MR) is 89.8 cm³/mol. The zero-order chi connectivity index (χ0) is 15.2. The van der Waals surface area contributed by atoms with Crippen molar-refractivity contribution in [3.05, 3.63) is 28.6 Å². The average molecular weight is 284 g/mol. The first kappa shape index (κ1) is 14.6. The Kier molecular flexibility index (Phi) is 3.59. The number of nitrogens with zero attached hydrogens (tertiary/aromatic N) is 1. The summed E-state index contributed by atoms with van der Waals surface area (Å²) < 4.78 is 0. The molecule has 0 aromatic carbocycles. The van der Waals surface area contributed by atoms with Gasteiger partial charge in [-0.15, -0.1) is 0 Å². The van der Waals surface area contributed by atoms with Crippen molar-refractivity contribution in [2.45, 2.75) is 66.7 Å². The van der Waals surface area contributed by atoms with E-state index >= 15 is 0 Å². The number of hydrogen-bond acceptors (Lipinski definition) is 1. The zero-order valence-corrected chi connectivity index (χ0v) is 14.1. The van der Waals surface area contributed by atoms with E-state index in [9.17, 15) is 0 Å². The Morgan fingerprint density at radius 2 is 2.10 bits per heavy atom. The van der Waals surface area contributed by atoms with Gasteiger partial charge in [-0.25, -0.2) is 0 Å². The Bertz CT molecular complexity index is 658. The van der Waals surface area contributed by atoms with Crippen molar-refractivity contribution in [3.8, 4) is 0 Å². The molecule has 21 heavy (non-hydrogen) atoms. The lowest BCUT2D eigenvalue weighted by atomic mass is 9.71. The second-order valence-electron chi connectivity index (χ2n) is 7.77. The van der Waals surface area contributed by atoms with Crippen molar-refractivity contribution in [2.75, 3.05) is 0 Å². The molecule has 2 aromatic rings. The maximum absolute atomic E-state index is 5.04. The Labute approximate surface area is 128 Å². The van der Waals surface area contributed by atoms with E-state index in [1.165, 1.54) is 52.8 Å². The van der Waals surface area contributed by atoms with E-state index in [-0.39, 0.29) is 0 Å². The van der Waals surface area contributed by atoms with Crippen LogP contribution in [0.25, 0.3) is 11.0 Å². The molecular weight excluding hydrogens is 256 g/mol. The van der Waals surface area contributed by atoms with Crippen molar-refractivity contribution >= 4 is 11.0 Å². The Morgan fingerprint density at radius 3 is 2.76 bits per heavy atom. The largest absolute Gasteiger partial charge is 0.357 e. The van der Waals surface area contributed by atoms with Crippen LogP contribution in [0, 0.1) is 18.3 Å². The van der Waals surface area contributed by atoms with Crippen LogP contribution in [0.3, 0.4) is 0 Å². The summed E-state index contributed by atoms with van der Waals surface area (Å²) in [5.74, 6) is 0.774. The van der Waals surface area contributed by atoms with Crippen LogP contribution in [-0.2, 0) is 19.3 Å². The van der Waals surface area contributed by atoms with Crippen molar-refractivity contribution in [2.24, 2.45) is 11.3 Å². The summed E-state index contributed by atoms with van der Waals surface area (Å²) in [6.45, 7) is 11.5. The first-order valence-electron chi connectivity index (χ1n) is 8.40. The highest BCUT2D eigenvalue weighted by atomic mass is 14.8. The lowest BCUT2D eigenvalue weighted by Crippen LogP contribution is -2.27. The van der Waals surface area contributed by atoms with Crippen molar-refractivity contribution in [1.29, 1.82) is 0 Å². The van der Waals surface area contributed by atoms with Crippen LogP contribution < -0.4 is 0 Å². The average Bonchev–Trinajstić information content (AvgIpc) is 2.71. The molecule has 2 heteroatoms. The third kappa shape index (κ3) is 2.61. The maximum atomic E-state index is 5.04. The lowest BCUT2D eigenvalue weighted by molar-refractivity contribution is 0.215. The highest BCUT2D eigenvalue weighted by Gasteiger charge is 2.29. The van der Waals surface area contributed by atoms with E-state index in [2.05, 4.69) is 45.7 Å². The lowest BCUT2D eigenvalue weighted by Gasteiger charge is -2.34. The van der Waals surface area contributed by atoms with Crippen LogP contribution in [0.2, 0.25) is 0 Å². The van der Waals surface area contributed by atoms with Gasteiger partial charge in [0.2, 0.25) is 0 Å². The Balaban J connectivity index is 2.03. The van der Waals surface area contributed by atoms with Crippen molar-refractivity contribution in [1.82, 2.24) is 9.97 Å². The fourth-order valence-corrected chi connectivity index (χ4v) is 3.74. The molecule has 1 atom stereocenters. The summed E-state index contributed by atoms with van der Waals surface area (Å²) in [6.07, 6.45) is 5.91. The van der Waals surface area contributed by atoms with Gasteiger partial charge in [-0.05, 0) is 61.1 Å². The van der Waals surface area contributed by atoms with Gasteiger partial charge in [0.05, 0.1) is 11.0 Å². The van der Waals surface area contributed by atoms with E-state index < -0.39 is 0 Å². The summed E-state index contributed by atoms with van der Waals surface area (Å²) in [7, 11) is 0. The number of aryl methyl sites for hydroxylation is 3. The van der Waals surface area contributed by atoms with E-state index in [0.29, 0.717) is 5.41 Å². The molecule has 2 nitrogen and oxygen atoms in total. The van der Waals surface area contributed by atoms with Gasteiger partial charge in [0.15, 0.2) is 0 Å². The molecule has 1 N–H and O–H groups in total. The SMILES string of the molecule is CCCc1c(C)[nH]c2cc3c(nc12)CCC(C(C)(C)C)C3. The summed E-state index contributed by atoms with van der Waals surface area (Å²) >= 11 is 0. The monoisotopic (exact) mass is 284 g/mol. The van der Waals surface area contributed by atoms with Crippen molar-refractivity contribution in [3.63, 3.8) is 0 Å². The van der Waals surface area contributed by atoms with Crippen LogP contribution in [-0.4, -0.2) is 9.97 Å². The van der Waals surface area contributed by atoms with Gasteiger partial charge in [-0.3, -0.25) is 4.98 Å². The fourth-order valence-electron chi connectivity index (χ4n) is 3.74. The second-order valence-corrected chi connectivity index (χ2v) is 7.77. The van der Waals surface area contributed by atoms with E-state index in [1.54, 1.807) is 0 Å². The molecule has 0 radical (unpaired) electrons. The molecule has 0 amide bonds. The third-order valence-electron chi connectivity index (χ3n) is 5.17. The summed E-state index contributed by atoms with van der Waals surface area (Å²) in [6, 6.07) is 2.38. The zero-order valence-electron chi connectivity index (χ0n) is 14.1. The van der Waals surface area contributed by atoms with Crippen molar-refractivity contribution < 1.29 is 0 Å². The number of H-pyrrole nitrogens is 1. The third-order valence-corrected chi connectivity index (χ3v) is 5.17. The van der Waals surface area contributed by atoms with Crippen LogP contribution in [0.15, 0.2) is 6.07 Å². The maximum Gasteiger partial charge on any atom is 0.0917 e.